The predicted molar refractivity (Wildman–Crippen MR) is 332 cm³/mol. The molecule has 3 aromatic carbocycles. The van der Waals surface area contributed by atoms with Crippen LogP contribution < -0.4 is 0 Å². The molecule has 2 heterocycles. The van der Waals surface area contributed by atoms with Gasteiger partial charge in [0, 0.05) is 25.6 Å². The van der Waals surface area contributed by atoms with Gasteiger partial charge in [-0.05, 0) is 247 Å². The number of hydrogen-bond donors (Lipinski definition) is 6. The van der Waals surface area contributed by atoms with Crippen molar-refractivity contribution in [1.82, 2.24) is 0 Å². The van der Waals surface area contributed by atoms with Gasteiger partial charge in [-0.3, -0.25) is 4.79 Å². The molecule has 0 bridgehead atoms. The van der Waals surface area contributed by atoms with Gasteiger partial charge in [-0.1, -0.05) is 115 Å². The molecule has 9 unspecified atom stereocenters. The number of hydrogen-bond acceptors (Lipinski definition) is 11. The molecule has 11 heteroatoms. The number of aliphatic hydroxyl groups excluding tert-OH is 3. The van der Waals surface area contributed by atoms with E-state index in [1.165, 1.54) is 80.9 Å². The summed E-state index contributed by atoms with van der Waals surface area (Å²) in [6, 6.07) is 17.6. The van der Waals surface area contributed by atoms with Crippen molar-refractivity contribution >= 4 is 5.78 Å². The number of carbonyl (C=O) groups is 1. The van der Waals surface area contributed by atoms with E-state index in [1.807, 2.05) is 18.2 Å². The fourth-order valence-corrected chi connectivity index (χ4v) is 17.0. The Morgan fingerprint density at radius 2 is 0.917 bits per heavy atom. The number of Topliss-reactive ketones (excluding diaryl/α,β-unsaturated/α-hetero) is 1. The van der Waals surface area contributed by atoms with Crippen molar-refractivity contribution in [2.75, 3.05) is 13.2 Å². The molecule has 2 aliphatic heterocycles. The van der Waals surface area contributed by atoms with Gasteiger partial charge in [-0.2, -0.15) is 0 Å². The van der Waals surface area contributed by atoms with Crippen LogP contribution in [0.15, 0.2) is 54.6 Å². The van der Waals surface area contributed by atoms with E-state index in [0.717, 1.165) is 171 Å². The zero-order chi connectivity index (χ0) is 59.0. The second-order valence-corrected chi connectivity index (χ2v) is 27.4. The second-order valence-electron chi connectivity index (χ2n) is 27.4. The Morgan fingerprint density at radius 3 is 1.37 bits per heavy atom. The molecule has 3 aromatic rings. The van der Waals surface area contributed by atoms with Gasteiger partial charge in [0.2, 0.25) is 0 Å². The number of carbonyl (C=O) groups excluding carboxylic acids is 1. The Labute approximate surface area is 505 Å². The van der Waals surface area contributed by atoms with Crippen LogP contribution in [0.3, 0.4) is 0 Å². The van der Waals surface area contributed by atoms with Crippen LogP contribution in [0.5, 0.6) is 17.2 Å². The van der Waals surface area contributed by atoms with E-state index in [9.17, 15) is 35.4 Å². The number of phenols is 3. The van der Waals surface area contributed by atoms with Crippen LogP contribution in [-0.2, 0) is 62.3 Å². The van der Waals surface area contributed by atoms with Crippen LogP contribution in [0.25, 0.3) is 0 Å². The third kappa shape index (κ3) is 17.4. The summed E-state index contributed by atoms with van der Waals surface area (Å²) in [5, 5.41) is 62.2. The van der Waals surface area contributed by atoms with Gasteiger partial charge < -0.3 is 49.6 Å². The van der Waals surface area contributed by atoms with Crippen LogP contribution in [0, 0.1) is 53.3 Å². The van der Waals surface area contributed by atoms with E-state index >= 15 is 0 Å². The Kier molecular flexibility index (Phi) is 25.2. The maximum Gasteiger partial charge on any atom is 0.157 e. The van der Waals surface area contributed by atoms with Crippen molar-refractivity contribution in [2.24, 2.45) is 53.3 Å². The zero-order valence-corrected chi connectivity index (χ0v) is 51.9. The van der Waals surface area contributed by atoms with Crippen LogP contribution in [0.4, 0.5) is 0 Å². The zero-order valence-electron chi connectivity index (χ0n) is 51.9. The molecule has 6 aliphatic carbocycles. The summed E-state index contributed by atoms with van der Waals surface area (Å²) in [5.41, 5.74) is 7.04. The number of benzene rings is 3. The SMILES string of the molecule is CCCCC[C@@H](O)CCC1[C@H]2Cc3cccc(O)c3CC2C[C@H]1O.CCCCC[C@H](CCC1C(=O)CC2Cc3c(O)cccc3CC21)OC1CCCCO1.CCCCC[C@H](CCC1[C@H]2Cc3cccc(O)c3CC2C[C@H]1O)OC1CCCCO1. The van der Waals surface area contributed by atoms with E-state index in [1.54, 1.807) is 18.2 Å². The number of fused-ring (bicyclic) bond motifs is 6. The van der Waals surface area contributed by atoms with Crippen molar-refractivity contribution in [3.63, 3.8) is 0 Å². The average molecular weight is 1160 g/mol. The van der Waals surface area contributed by atoms with E-state index in [0.29, 0.717) is 76.8 Å². The lowest BCUT2D eigenvalue weighted by atomic mass is 9.73. The highest BCUT2D eigenvalue weighted by atomic mass is 16.7. The molecule has 0 radical (unpaired) electrons. The minimum Gasteiger partial charge on any atom is -0.508 e. The Bertz CT molecular complexity index is 2450. The molecule has 2 saturated heterocycles. The summed E-state index contributed by atoms with van der Waals surface area (Å²) in [5.74, 6) is 5.27. The average Bonchev–Trinajstić information content (AvgIpc) is 4.26. The fraction of sp³-hybridized carbons (Fsp3) is 0.740. The number of aromatic hydroxyl groups is 3. The topological polar surface area (TPSA) is 175 Å². The Balaban J connectivity index is 0.000000152. The maximum absolute atomic E-state index is 12.9. The van der Waals surface area contributed by atoms with Gasteiger partial charge in [-0.15, -0.1) is 0 Å². The van der Waals surface area contributed by atoms with Gasteiger partial charge >= 0.3 is 0 Å². The highest BCUT2D eigenvalue weighted by Gasteiger charge is 2.48. The molecule has 84 heavy (non-hydrogen) atoms. The number of unbranched alkanes of at least 4 members (excludes halogenated alkanes) is 6. The Hall–Kier alpha value is -3.55. The quantitative estimate of drug-likeness (QED) is 0.0446. The lowest BCUT2D eigenvalue weighted by molar-refractivity contribution is -0.191. The van der Waals surface area contributed by atoms with Crippen molar-refractivity contribution in [2.45, 2.75) is 276 Å². The molecule has 0 aromatic heterocycles. The normalized spacial score (nSPS) is 30.5. The number of aliphatic hydroxyl groups is 3. The first-order valence-corrected chi connectivity index (χ1v) is 34.4. The molecule has 8 aliphatic rings. The number of phenolic OH excluding ortho intramolecular Hbond substituents is 3. The molecule has 468 valence electrons. The van der Waals surface area contributed by atoms with E-state index in [-0.39, 0.29) is 49.0 Å². The van der Waals surface area contributed by atoms with E-state index < -0.39 is 0 Å². The molecule has 16 atom stereocenters. The fourth-order valence-electron chi connectivity index (χ4n) is 17.0. The molecular weight excluding hydrogens is 1050 g/mol. The highest BCUT2D eigenvalue weighted by molar-refractivity contribution is 5.84. The maximum atomic E-state index is 12.9. The molecule has 0 spiro atoms. The van der Waals surface area contributed by atoms with E-state index in [2.05, 4.69) is 39.0 Å². The number of ketones is 1. The summed E-state index contributed by atoms with van der Waals surface area (Å²) in [7, 11) is 0. The Morgan fingerprint density at radius 1 is 0.488 bits per heavy atom. The van der Waals surface area contributed by atoms with Gasteiger partial charge in [0.15, 0.2) is 12.6 Å². The number of ether oxygens (including phenoxy) is 4. The predicted octanol–water partition coefficient (Wildman–Crippen LogP) is 14.8. The summed E-state index contributed by atoms with van der Waals surface area (Å²) < 4.78 is 24.5. The van der Waals surface area contributed by atoms with Gasteiger partial charge in [0.05, 0.1) is 30.5 Å². The molecule has 3 saturated carbocycles. The first-order valence-electron chi connectivity index (χ1n) is 34.4. The van der Waals surface area contributed by atoms with Gasteiger partial charge in [0.1, 0.15) is 23.0 Å². The van der Waals surface area contributed by atoms with Crippen LogP contribution in [0.1, 0.15) is 228 Å². The molecule has 11 rings (SSSR count). The third-order valence-electron chi connectivity index (χ3n) is 21.7. The second kappa shape index (κ2) is 32.6. The summed E-state index contributed by atoms with van der Waals surface area (Å²) in [6.07, 6.45) is 33.8. The van der Waals surface area contributed by atoms with Crippen LogP contribution in [-0.4, -0.2) is 92.7 Å². The molecule has 11 nitrogen and oxygen atoms in total. The van der Waals surface area contributed by atoms with Crippen molar-refractivity contribution in [1.29, 1.82) is 0 Å². The van der Waals surface area contributed by atoms with Crippen LogP contribution in [0.2, 0.25) is 0 Å². The summed E-state index contributed by atoms with van der Waals surface area (Å²) in [4.78, 5) is 12.9. The third-order valence-corrected chi connectivity index (χ3v) is 21.7. The molecule has 6 N–H and O–H groups in total. The molecular formula is C73H110O11. The first kappa shape index (κ1) is 64.9. The lowest BCUT2D eigenvalue weighted by Gasteiger charge is -2.33. The van der Waals surface area contributed by atoms with Crippen molar-refractivity contribution in [3.05, 3.63) is 88.0 Å². The standard InChI is InChI=1S/C26H40O4.C26H38O4.C21H32O3/c2*1-2-3-4-9-20(30-26-11-5-6-14-29-26)12-13-21-22-15-18-8-7-10-24(27)23(18)16-19(22)17-25(21)28;1-2-3-4-7-16(22)9-10-17-18-11-14-6-5-8-20(23)19(14)12-15(18)13-21(17)24/h7-8,10,19-22,25-28H,2-6,9,11-17H2,1H3;7-8,10,19-22,26-27H,2-6,9,11-17H2,1H3;5-6,8,15-18,21-24H,2-4,7,9-13H2,1H3/t19?,20-,21?,22+,25-,26?;19?,20-,21?,22?,26?;15?,16-,17?,18+,21-/m111/s1. The van der Waals surface area contributed by atoms with Gasteiger partial charge in [0.25, 0.3) is 0 Å². The largest absolute Gasteiger partial charge is 0.508 e. The highest BCUT2D eigenvalue weighted by Crippen LogP contribution is 2.51. The van der Waals surface area contributed by atoms with Crippen LogP contribution >= 0.6 is 0 Å². The first-order chi connectivity index (χ1) is 40.9. The molecule has 0 amide bonds. The monoisotopic (exact) mass is 1160 g/mol. The van der Waals surface area contributed by atoms with Gasteiger partial charge in [-0.25, -0.2) is 0 Å². The number of rotatable bonds is 25. The van der Waals surface area contributed by atoms with Crippen molar-refractivity contribution < 1.29 is 54.4 Å². The summed E-state index contributed by atoms with van der Waals surface area (Å²) in [6.45, 7) is 8.29. The van der Waals surface area contributed by atoms with E-state index in [4.69, 9.17) is 18.9 Å². The van der Waals surface area contributed by atoms with Crippen molar-refractivity contribution in [3.8, 4) is 17.2 Å². The smallest absolute Gasteiger partial charge is 0.157 e. The molecule has 5 fully saturated rings. The minimum atomic E-state index is -0.251. The lowest BCUT2D eigenvalue weighted by Crippen LogP contribution is -2.30. The summed E-state index contributed by atoms with van der Waals surface area (Å²) >= 11 is 0. The minimum absolute atomic E-state index is 0.0313.